The van der Waals surface area contributed by atoms with Gasteiger partial charge in [-0.15, -0.1) is 0 Å². The molecule has 1 heterocycles. The maximum atomic E-state index is 12.9. The van der Waals surface area contributed by atoms with Crippen LogP contribution < -0.4 is 10.2 Å². The number of nitrogens with zero attached hydrogens (tertiary/aromatic N) is 2. The van der Waals surface area contributed by atoms with Crippen molar-refractivity contribution in [1.82, 2.24) is 10.2 Å². The van der Waals surface area contributed by atoms with E-state index < -0.39 is 0 Å². The number of anilines is 1. The number of amides is 1. The first-order chi connectivity index (χ1) is 10.3. The van der Waals surface area contributed by atoms with Gasteiger partial charge in [0.2, 0.25) is 5.91 Å². The van der Waals surface area contributed by atoms with Crippen LogP contribution in [0.25, 0.3) is 0 Å². The third-order valence-electron chi connectivity index (χ3n) is 3.73. The van der Waals surface area contributed by atoms with E-state index in [-0.39, 0.29) is 17.3 Å². The van der Waals surface area contributed by atoms with E-state index in [2.05, 4.69) is 15.1 Å². The van der Waals surface area contributed by atoms with Gasteiger partial charge in [-0.3, -0.25) is 9.69 Å². The van der Waals surface area contributed by atoms with Crippen LogP contribution in [0.3, 0.4) is 0 Å². The maximum absolute atomic E-state index is 12.9. The lowest BCUT2D eigenvalue weighted by molar-refractivity contribution is -0.122. The zero-order valence-electron chi connectivity index (χ0n) is 13.7. The fourth-order valence-corrected chi connectivity index (χ4v) is 2.62. The summed E-state index contributed by atoms with van der Waals surface area (Å²) in [6, 6.07) is 6.64. The summed E-state index contributed by atoms with van der Waals surface area (Å²) in [4.78, 5) is 16.4. The van der Waals surface area contributed by atoms with Crippen LogP contribution in [0, 0.1) is 5.82 Å². The van der Waals surface area contributed by atoms with Crippen molar-refractivity contribution in [3.8, 4) is 0 Å². The summed E-state index contributed by atoms with van der Waals surface area (Å²) in [7, 11) is 0. The van der Waals surface area contributed by atoms with Gasteiger partial charge in [-0.25, -0.2) is 4.39 Å². The van der Waals surface area contributed by atoms with Gasteiger partial charge in [-0.1, -0.05) is 0 Å². The molecular formula is C17H26FN3O. The first-order valence-corrected chi connectivity index (χ1v) is 7.87. The van der Waals surface area contributed by atoms with E-state index >= 15 is 0 Å². The highest BCUT2D eigenvalue weighted by molar-refractivity contribution is 5.76. The number of halogens is 1. The van der Waals surface area contributed by atoms with Gasteiger partial charge in [0, 0.05) is 50.4 Å². The summed E-state index contributed by atoms with van der Waals surface area (Å²) in [5.41, 5.74) is 0.893. The monoisotopic (exact) mass is 307 g/mol. The van der Waals surface area contributed by atoms with E-state index in [1.165, 1.54) is 12.1 Å². The Morgan fingerprint density at radius 1 is 1.14 bits per heavy atom. The first-order valence-electron chi connectivity index (χ1n) is 7.87. The zero-order valence-corrected chi connectivity index (χ0v) is 13.7. The van der Waals surface area contributed by atoms with Crippen molar-refractivity contribution in [1.29, 1.82) is 0 Å². The number of carbonyl (C=O) groups excluding carboxylic acids is 1. The Balaban J connectivity index is 1.73. The van der Waals surface area contributed by atoms with E-state index in [9.17, 15) is 9.18 Å². The standard InChI is InChI=1S/C17H26FN3O/c1-17(2,3)19-16(22)8-9-20-10-12-21(13-11-20)15-6-4-14(18)5-7-15/h4-7H,8-13H2,1-3H3,(H,19,22). The summed E-state index contributed by atoms with van der Waals surface area (Å²) in [6.07, 6.45) is 0.536. The van der Waals surface area contributed by atoms with Crippen LogP contribution in [0.1, 0.15) is 27.2 Å². The molecule has 4 nitrogen and oxygen atoms in total. The lowest BCUT2D eigenvalue weighted by atomic mass is 10.1. The molecule has 1 aromatic carbocycles. The van der Waals surface area contributed by atoms with Crippen LogP contribution in [-0.4, -0.2) is 49.1 Å². The molecule has 0 aromatic heterocycles. The zero-order chi connectivity index (χ0) is 16.2. The van der Waals surface area contributed by atoms with Crippen molar-refractivity contribution >= 4 is 11.6 Å². The summed E-state index contributed by atoms with van der Waals surface area (Å²) in [5, 5.41) is 2.99. The molecule has 1 amide bonds. The Bertz CT molecular complexity index is 488. The van der Waals surface area contributed by atoms with Gasteiger partial charge in [-0.05, 0) is 45.0 Å². The number of rotatable bonds is 4. The molecule has 1 saturated heterocycles. The summed E-state index contributed by atoms with van der Waals surface area (Å²) in [6.45, 7) is 10.4. The number of carbonyl (C=O) groups is 1. The molecule has 0 radical (unpaired) electrons. The Labute approximate surface area is 132 Å². The molecule has 1 aromatic rings. The maximum Gasteiger partial charge on any atom is 0.221 e. The summed E-state index contributed by atoms with van der Waals surface area (Å²) in [5.74, 6) is -0.0966. The SMILES string of the molecule is CC(C)(C)NC(=O)CCN1CCN(c2ccc(F)cc2)CC1. The van der Waals surface area contributed by atoms with E-state index in [4.69, 9.17) is 0 Å². The molecule has 1 aliphatic heterocycles. The molecule has 122 valence electrons. The van der Waals surface area contributed by atoms with Gasteiger partial charge in [0.1, 0.15) is 5.82 Å². The highest BCUT2D eigenvalue weighted by atomic mass is 19.1. The molecule has 1 fully saturated rings. The normalized spacial score (nSPS) is 16.6. The van der Waals surface area contributed by atoms with Crippen molar-refractivity contribution in [2.24, 2.45) is 0 Å². The Morgan fingerprint density at radius 2 is 1.73 bits per heavy atom. The van der Waals surface area contributed by atoms with Crippen LogP contribution >= 0.6 is 0 Å². The third kappa shape index (κ3) is 5.30. The van der Waals surface area contributed by atoms with Crippen LogP contribution in [0.2, 0.25) is 0 Å². The van der Waals surface area contributed by atoms with E-state index in [0.717, 1.165) is 38.4 Å². The highest BCUT2D eigenvalue weighted by Crippen LogP contribution is 2.16. The van der Waals surface area contributed by atoms with Gasteiger partial charge in [-0.2, -0.15) is 0 Å². The number of nitrogens with one attached hydrogen (secondary N) is 1. The van der Waals surface area contributed by atoms with Crippen LogP contribution in [-0.2, 0) is 4.79 Å². The van der Waals surface area contributed by atoms with Gasteiger partial charge < -0.3 is 10.2 Å². The number of hydrogen-bond donors (Lipinski definition) is 1. The number of hydrogen-bond acceptors (Lipinski definition) is 3. The Morgan fingerprint density at radius 3 is 2.27 bits per heavy atom. The molecule has 0 unspecified atom stereocenters. The van der Waals surface area contributed by atoms with Crippen molar-refractivity contribution in [2.75, 3.05) is 37.6 Å². The topological polar surface area (TPSA) is 35.6 Å². The third-order valence-corrected chi connectivity index (χ3v) is 3.73. The van der Waals surface area contributed by atoms with Crippen molar-refractivity contribution in [3.05, 3.63) is 30.1 Å². The molecular weight excluding hydrogens is 281 g/mol. The quantitative estimate of drug-likeness (QED) is 0.927. The minimum Gasteiger partial charge on any atom is -0.369 e. The second-order valence-corrected chi connectivity index (χ2v) is 6.85. The van der Waals surface area contributed by atoms with Crippen molar-refractivity contribution in [3.63, 3.8) is 0 Å². The molecule has 22 heavy (non-hydrogen) atoms. The first kappa shape index (κ1) is 16.7. The average Bonchev–Trinajstić information content (AvgIpc) is 2.45. The molecule has 0 bridgehead atoms. The Kier molecular flexibility index (Phi) is 5.40. The highest BCUT2D eigenvalue weighted by Gasteiger charge is 2.19. The van der Waals surface area contributed by atoms with Crippen LogP contribution in [0.4, 0.5) is 10.1 Å². The van der Waals surface area contributed by atoms with E-state index in [1.807, 2.05) is 32.9 Å². The average molecular weight is 307 g/mol. The molecule has 0 atom stereocenters. The predicted molar refractivity (Wildman–Crippen MR) is 87.6 cm³/mol. The van der Waals surface area contributed by atoms with Crippen LogP contribution in [0.15, 0.2) is 24.3 Å². The summed E-state index contributed by atoms with van der Waals surface area (Å²) >= 11 is 0. The molecule has 1 N–H and O–H groups in total. The lowest BCUT2D eigenvalue weighted by Gasteiger charge is -2.36. The second kappa shape index (κ2) is 7.09. The molecule has 0 saturated carbocycles. The lowest BCUT2D eigenvalue weighted by Crippen LogP contribution is -2.48. The molecule has 0 spiro atoms. The fourth-order valence-electron chi connectivity index (χ4n) is 2.62. The number of piperazine rings is 1. The molecule has 2 rings (SSSR count). The smallest absolute Gasteiger partial charge is 0.221 e. The van der Waals surface area contributed by atoms with E-state index in [1.54, 1.807) is 0 Å². The van der Waals surface area contributed by atoms with Crippen LogP contribution in [0.5, 0.6) is 0 Å². The van der Waals surface area contributed by atoms with Gasteiger partial charge in [0.25, 0.3) is 0 Å². The minimum absolute atomic E-state index is 0.105. The Hall–Kier alpha value is -1.62. The largest absolute Gasteiger partial charge is 0.369 e. The minimum atomic E-state index is -0.202. The fraction of sp³-hybridized carbons (Fsp3) is 0.588. The molecule has 5 heteroatoms. The second-order valence-electron chi connectivity index (χ2n) is 6.85. The van der Waals surface area contributed by atoms with Crippen molar-refractivity contribution in [2.45, 2.75) is 32.7 Å². The number of benzene rings is 1. The summed E-state index contributed by atoms with van der Waals surface area (Å²) < 4.78 is 12.9. The molecule has 1 aliphatic rings. The van der Waals surface area contributed by atoms with Crippen molar-refractivity contribution < 1.29 is 9.18 Å². The van der Waals surface area contributed by atoms with Gasteiger partial charge >= 0.3 is 0 Å². The molecule has 0 aliphatic carbocycles. The van der Waals surface area contributed by atoms with Gasteiger partial charge in [0.05, 0.1) is 0 Å². The predicted octanol–water partition coefficient (Wildman–Crippen LogP) is 2.25. The van der Waals surface area contributed by atoms with Gasteiger partial charge in [0.15, 0.2) is 0 Å². The van der Waals surface area contributed by atoms with E-state index in [0.29, 0.717) is 6.42 Å².